The van der Waals surface area contributed by atoms with E-state index in [9.17, 15) is 9.59 Å². The number of carbonyl (C=O) groups is 2. The standard InChI is InChI=1S/C17H23N3O2S3/c1-6-7-8-23-16-19-20-17(25-16)24-12(5)15(22)14-9(2)13(11(4)21)10(3)18-14/h12,18H,6-8H2,1-5H3/t12-/m1/s1. The fourth-order valence-corrected chi connectivity index (χ4v) is 5.92. The van der Waals surface area contributed by atoms with Gasteiger partial charge in [0.1, 0.15) is 0 Å². The maximum absolute atomic E-state index is 12.8. The molecule has 0 saturated heterocycles. The Labute approximate surface area is 160 Å². The van der Waals surface area contributed by atoms with E-state index in [1.165, 1.54) is 30.0 Å². The molecule has 2 rings (SSSR count). The van der Waals surface area contributed by atoms with Gasteiger partial charge in [-0.1, -0.05) is 48.2 Å². The average Bonchev–Trinajstić information content (AvgIpc) is 3.10. The molecule has 0 radical (unpaired) electrons. The van der Waals surface area contributed by atoms with Gasteiger partial charge in [-0.25, -0.2) is 0 Å². The van der Waals surface area contributed by atoms with Gasteiger partial charge in [0, 0.05) is 17.0 Å². The van der Waals surface area contributed by atoms with Gasteiger partial charge < -0.3 is 4.98 Å². The summed E-state index contributed by atoms with van der Waals surface area (Å²) in [5.41, 5.74) is 2.61. The highest BCUT2D eigenvalue weighted by molar-refractivity contribution is 8.03. The molecule has 2 aromatic rings. The molecule has 0 aliphatic carbocycles. The molecule has 0 fully saturated rings. The van der Waals surface area contributed by atoms with E-state index in [1.807, 2.05) is 20.8 Å². The molecule has 8 heteroatoms. The minimum Gasteiger partial charge on any atom is -0.355 e. The smallest absolute Gasteiger partial charge is 0.192 e. The predicted octanol–water partition coefficient (Wildman–Crippen LogP) is 4.94. The van der Waals surface area contributed by atoms with Crippen LogP contribution in [0.1, 0.15) is 65.7 Å². The summed E-state index contributed by atoms with van der Waals surface area (Å²) < 4.78 is 1.74. The van der Waals surface area contributed by atoms with Crippen LogP contribution in [0.2, 0.25) is 0 Å². The summed E-state index contributed by atoms with van der Waals surface area (Å²) in [6, 6.07) is 0. The number of thioether (sulfide) groups is 2. The van der Waals surface area contributed by atoms with Crippen molar-refractivity contribution >= 4 is 46.4 Å². The lowest BCUT2D eigenvalue weighted by Crippen LogP contribution is -2.15. The van der Waals surface area contributed by atoms with Gasteiger partial charge in [-0.05, 0) is 39.7 Å². The van der Waals surface area contributed by atoms with Gasteiger partial charge in [0.2, 0.25) is 0 Å². The lowest BCUT2D eigenvalue weighted by Gasteiger charge is -2.07. The van der Waals surface area contributed by atoms with Crippen molar-refractivity contribution in [3.63, 3.8) is 0 Å². The molecule has 1 atom stereocenters. The number of ketones is 2. The van der Waals surface area contributed by atoms with E-state index in [1.54, 1.807) is 11.8 Å². The van der Waals surface area contributed by atoms with Gasteiger partial charge >= 0.3 is 0 Å². The number of Topliss-reactive ketones (excluding diaryl/α,β-unsaturated/α-hetero) is 2. The molecule has 0 spiro atoms. The van der Waals surface area contributed by atoms with Crippen LogP contribution >= 0.6 is 34.9 Å². The monoisotopic (exact) mass is 397 g/mol. The lowest BCUT2D eigenvalue weighted by atomic mass is 10.0. The molecule has 136 valence electrons. The van der Waals surface area contributed by atoms with Crippen molar-refractivity contribution in [1.82, 2.24) is 15.2 Å². The number of aromatic amines is 1. The zero-order valence-corrected chi connectivity index (χ0v) is 17.6. The topological polar surface area (TPSA) is 75.7 Å². The molecule has 0 aromatic carbocycles. The van der Waals surface area contributed by atoms with Crippen LogP contribution in [0, 0.1) is 13.8 Å². The fourth-order valence-electron chi connectivity index (χ4n) is 2.54. The first-order valence-electron chi connectivity index (χ1n) is 8.22. The van der Waals surface area contributed by atoms with Gasteiger partial charge in [-0.2, -0.15) is 0 Å². The van der Waals surface area contributed by atoms with E-state index in [4.69, 9.17) is 0 Å². The molecule has 25 heavy (non-hydrogen) atoms. The van der Waals surface area contributed by atoms with Crippen molar-refractivity contribution in [2.45, 2.75) is 61.4 Å². The summed E-state index contributed by atoms with van der Waals surface area (Å²) in [5, 5.41) is 8.06. The zero-order valence-electron chi connectivity index (χ0n) is 15.1. The highest BCUT2D eigenvalue weighted by Crippen LogP contribution is 2.33. The number of carbonyl (C=O) groups excluding carboxylic acids is 2. The number of rotatable bonds is 9. The third-order valence-electron chi connectivity index (χ3n) is 3.79. The normalized spacial score (nSPS) is 12.4. The lowest BCUT2D eigenvalue weighted by molar-refractivity contribution is 0.0988. The van der Waals surface area contributed by atoms with Gasteiger partial charge in [0.25, 0.3) is 0 Å². The minimum atomic E-state index is -0.294. The summed E-state index contributed by atoms with van der Waals surface area (Å²) in [4.78, 5) is 27.6. The number of nitrogens with one attached hydrogen (secondary N) is 1. The molecule has 0 bridgehead atoms. The molecule has 2 aromatic heterocycles. The Bertz CT molecular complexity index is 767. The van der Waals surface area contributed by atoms with Gasteiger partial charge in [0.15, 0.2) is 20.2 Å². The van der Waals surface area contributed by atoms with E-state index in [0.717, 1.165) is 38.5 Å². The van der Waals surface area contributed by atoms with Crippen molar-refractivity contribution in [1.29, 1.82) is 0 Å². The molecule has 1 N–H and O–H groups in total. The Morgan fingerprint density at radius 2 is 1.92 bits per heavy atom. The Kier molecular flexibility index (Phi) is 7.27. The SMILES string of the molecule is CCCCSc1nnc(S[C@H](C)C(=O)c2[nH]c(C)c(C(C)=O)c2C)s1. The number of aryl methyl sites for hydroxylation is 1. The van der Waals surface area contributed by atoms with Gasteiger partial charge in [-0.15, -0.1) is 10.2 Å². The highest BCUT2D eigenvalue weighted by Gasteiger charge is 2.25. The Morgan fingerprint density at radius 1 is 1.24 bits per heavy atom. The molecular formula is C17H23N3O2S3. The Hall–Kier alpha value is -1.12. The van der Waals surface area contributed by atoms with Crippen molar-refractivity contribution in [2.75, 3.05) is 5.75 Å². The minimum absolute atomic E-state index is 0.0199. The van der Waals surface area contributed by atoms with Crippen molar-refractivity contribution < 1.29 is 9.59 Å². The molecule has 0 amide bonds. The maximum Gasteiger partial charge on any atom is 0.192 e. The van der Waals surface area contributed by atoms with E-state index >= 15 is 0 Å². The summed E-state index contributed by atoms with van der Waals surface area (Å²) in [7, 11) is 0. The average molecular weight is 398 g/mol. The first kappa shape index (κ1) is 20.2. The number of H-pyrrole nitrogens is 1. The summed E-state index contributed by atoms with van der Waals surface area (Å²) in [6.45, 7) is 9.19. The van der Waals surface area contributed by atoms with Crippen molar-refractivity contribution in [3.8, 4) is 0 Å². The third kappa shape index (κ3) is 4.95. The molecule has 0 aliphatic rings. The van der Waals surface area contributed by atoms with Crippen LogP contribution in [-0.4, -0.2) is 37.8 Å². The molecule has 0 unspecified atom stereocenters. The Morgan fingerprint density at radius 3 is 2.52 bits per heavy atom. The maximum atomic E-state index is 12.8. The summed E-state index contributed by atoms with van der Waals surface area (Å²) in [5.74, 6) is 0.996. The van der Waals surface area contributed by atoms with Crippen LogP contribution in [0.4, 0.5) is 0 Å². The molecule has 5 nitrogen and oxygen atoms in total. The second kappa shape index (κ2) is 9.00. The number of unbranched alkanes of at least 4 members (excludes halogenated alkanes) is 1. The number of hydrogen-bond acceptors (Lipinski definition) is 7. The van der Waals surface area contributed by atoms with Crippen LogP contribution in [0.5, 0.6) is 0 Å². The van der Waals surface area contributed by atoms with Crippen molar-refractivity contribution in [3.05, 3.63) is 22.5 Å². The molecule has 0 aliphatic heterocycles. The second-order valence-electron chi connectivity index (χ2n) is 5.84. The van der Waals surface area contributed by atoms with E-state index in [2.05, 4.69) is 22.1 Å². The largest absolute Gasteiger partial charge is 0.355 e. The fraction of sp³-hybridized carbons (Fsp3) is 0.529. The zero-order chi connectivity index (χ0) is 18.6. The quantitative estimate of drug-likeness (QED) is 0.367. The van der Waals surface area contributed by atoms with Crippen LogP contribution < -0.4 is 0 Å². The second-order valence-corrected chi connectivity index (χ2v) is 9.75. The summed E-state index contributed by atoms with van der Waals surface area (Å²) >= 11 is 4.66. The third-order valence-corrected chi connectivity index (χ3v) is 7.12. The molecule has 2 heterocycles. The van der Waals surface area contributed by atoms with Crippen LogP contribution in [0.3, 0.4) is 0 Å². The Balaban J connectivity index is 2.06. The first-order chi connectivity index (χ1) is 11.8. The predicted molar refractivity (Wildman–Crippen MR) is 105 cm³/mol. The number of hydrogen-bond donors (Lipinski definition) is 1. The number of nitrogens with zero attached hydrogens (tertiary/aromatic N) is 2. The highest BCUT2D eigenvalue weighted by atomic mass is 32.2. The van der Waals surface area contributed by atoms with Crippen LogP contribution in [0.15, 0.2) is 8.68 Å². The molecular weight excluding hydrogens is 374 g/mol. The van der Waals surface area contributed by atoms with Crippen LogP contribution in [0.25, 0.3) is 0 Å². The van der Waals surface area contributed by atoms with E-state index in [-0.39, 0.29) is 16.8 Å². The molecule has 0 saturated carbocycles. The summed E-state index contributed by atoms with van der Waals surface area (Å²) in [6.07, 6.45) is 2.32. The van der Waals surface area contributed by atoms with E-state index < -0.39 is 0 Å². The van der Waals surface area contributed by atoms with Gasteiger partial charge in [0.05, 0.1) is 10.9 Å². The van der Waals surface area contributed by atoms with E-state index in [0.29, 0.717) is 11.3 Å². The first-order valence-corrected chi connectivity index (χ1v) is 10.9. The number of aromatic nitrogens is 3. The van der Waals surface area contributed by atoms with Crippen molar-refractivity contribution in [2.24, 2.45) is 0 Å². The van der Waals surface area contributed by atoms with Crippen LogP contribution in [-0.2, 0) is 0 Å². The van der Waals surface area contributed by atoms with Gasteiger partial charge in [-0.3, -0.25) is 9.59 Å².